The molecule has 1 heterocycles. The summed E-state index contributed by atoms with van der Waals surface area (Å²) < 4.78 is 4.81. The van der Waals surface area contributed by atoms with Crippen molar-refractivity contribution in [1.29, 1.82) is 0 Å². The summed E-state index contributed by atoms with van der Waals surface area (Å²) in [7, 11) is 0. The lowest BCUT2D eigenvalue weighted by Crippen LogP contribution is -2.21. The van der Waals surface area contributed by atoms with Gasteiger partial charge in [0.1, 0.15) is 5.35 Å². The second-order valence-electron chi connectivity index (χ2n) is 5.37. The zero-order valence-electron chi connectivity index (χ0n) is 10.9. The summed E-state index contributed by atoms with van der Waals surface area (Å²) in [6.45, 7) is 10.0. The smallest absolute Gasteiger partial charge is 0.361 e. The molecule has 0 bridgehead atoms. The lowest BCUT2D eigenvalue weighted by molar-refractivity contribution is 0.488. The van der Waals surface area contributed by atoms with Gasteiger partial charge in [-0.05, 0) is 29.2 Å². The Morgan fingerprint density at radius 2 is 1.83 bits per heavy atom. The van der Waals surface area contributed by atoms with Crippen molar-refractivity contribution in [2.24, 2.45) is 0 Å². The molecule has 0 aliphatic carbocycles. The largest absolute Gasteiger partial charge is 0.405 e. The maximum Gasteiger partial charge on any atom is 0.361 e. The average Bonchev–Trinajstić information content (AvgIpc) is 2.57. The zero-order chi connectivity index (χ0) is 13.3. The van der Waals surface area contributed by atoms with Crippen LogP contribution in [0.4, 0.5) is 0 Å². The van der Waals surface area contributed by atoms with E-state index in [2.05, 4.69) is 44.5 Å². The predicted molar refractivity (Wildman–Crippen MR) is 72.8 cm³/mol. The Hall–Kier alpha value is -2.03. The lowest BCUT2D eigenvalue weighted by atomic mass is 9.87. The van der Waals surface area contributed by atoms with Gasteiger partial charge in [0.15, 0.2) is 5.55 Å². The first kappa shape index (κ1) is 12.4. The van der Waals surface area contributed by atoms with Crippen LogP contribution in [0, 0.1) is 0 Å². The average molecular weight is 243 g/mol. The first-order valence-electron chi connectivity index (χ1n) is 5.86. The summed E-state index contributed by atoms with van der Waals surface area (Å²) in [5.41, 5.74) is 2.23. The number of aromatic nitrogens is 1. The molecule has 0 aliphatic heterocycles. The predicted octanol–water partition coefficient (Wildman–Crippen LogP) is 1.50. The van der Waals surface area contributed by atoms with Gasteiger partial charge in [0.2, 0.25) is 0 Å². The van der Waals surface area contributed by atoms with E-state index in [1.165, 1.54) is 5.56 Å². The molecular weight excluding hydrogens is 226 g/mol. The van der Waals surface area contributed by atoms with Crippen LogP contribution < -0.4 is 16.5 Å². The normalized spacial score (nSPS) is 12.9. The number of aromatic amines is 1. The molecule has 0 saturated carbocycles. The van der Waals surface area contributed by atoms with E-state index in [4.69, 9.17) is 4.42 Å². The Morgan fingerprint density at radius 1 is 1.22 bits per heavy atom. The number of H-pyrrole nitrogens is 1. The highest BCUT2D eigenvalue weighted by atomic mass is 16.4. The Bertz CT molecular complexity index is 697. The fraction of sp³-hybridized carbons (Fsp3) is 0.267. The Morgan fingerprint density at radius 3 is 2.28 bits per heavy atom. The van der Waals surface area contributed by atoms with Crippen LogP contribution in [0.3, 0.4) is 0 Å². The van der Waals surface area contributed by atoms with Crippen molar-refractivity contribution < 1.29 is 4.42 Å². The SMILES string of the molecule is C=c1[nH]c(=Cc2ccc(C(C)(C)C)cc2)c(=O)o1. The molecule has 2 rings (SSSR count). The second kappa shape index (κ2) is 4.33. The molecular formula is C15H17NO2. The van der Waals surface area contributed by atoms with E-state index in [1.807, 2.05) is 12.1 Å². The van der Waals surface area contributed by atoms with Crippen molar-refractivity contribution in [3.63, 3.8) is 0 Å². The second-order valence-corrected chi connectivity index (χ2v) is 5.37. The van der Waals surface area contributed by atoms with Gasteiger partial charge in [-0.15, -0.1) is 0 Å². The van der Waals surface area contributed by atoms with E-state index >= 15 is 0 Å². The molecule has 3 nitrogen and oxygen atoms in total. The van der Waals surface area contributed by atoms with Gasteiger partial charge in [0, 0.05) is 0 Å². The van der Waals surface area contributed by atoms with Gasteiger partial charge in [-0.25, -0.2) is 4.79 Å². The van der Waals surface area contributed by atoms with Crippen molar-refractivity contribution >= 4 is 12.7 Å². The maximum atomic E-state index is 11.4. The standard InChI is InChI=1S/C15H17NO2/c1-10-16-13(14(17)18-10)9-11-5-7-12(8-6-11)15(2,3)4/h5-9,16H,1H2,2-4H3. The molecule has 0 unspecified atom stereocenters. The van der Waals surface area contributed by atoms with Gasteiger partial charge < -0.3 is 9.40 Å². The first-order chi connectivity index (χ1) is 8.36. The van der Waals surface area contributed by atoms with Crippen LogP contribution in [0.25, 0.3) is 12.7 Å². The van der Waals surface area contributed by atoms with Gasteiger partial charge in [0.25, 0.3) is 0 Å². The number of oxazole rings is 1. The maximum absolute atomic E-state index is 11.4. The molecule has 94 valence electrons. The quantitative estimate of drug-likeness (QED) is 0.825. The summed E-state index contributed by atoms with van der Waals surface area (Å²) in [4.78, 5) is 14.2. The topological polar surface area (TPSA) is 46.0 Å². The summed E-state index contributed by atoms with van der Waals surface area (Å²) >= 11 is 0. The molecule has 0 aliphatic rings. The Kier molecular flexibility index (Phi) is 2.99. The van der Waals surface area contributed by atoms with Crippen LogP contribution >= 0.6 is 0 Å². The molecule has 1 aromatic carbocycles. The molecule has 0 saturated heterocycles. The molecule has 0 radical (unpaired) electrons. The van der Waals surface area contributed by atoms with Crippen LogP contribution in [-0.2, 0) is 5.41 Å². The summed E-state index contributed by atoms with van der Waals surface area (Å²) in [6, 6.07) is 8.12. The highest BCUT2D eigenvalue weighted by Crippen LogP contribution is 2.22. The van der Waals surface area contributed by atoms with Crippen LogP contribution in [0.2, 0.25) is 0 Å². The highest BCUT2D eigenvalue weighted by Gasteiger charge is 2.12. The first-order valence-corrected chi connectivity index (χ1v) is 5.86. The fourth-order valence-electron chi connectivity index (χ4n) is 1.73. The lowest BCUT2D eigenvalue weighted by Gasteiger charge is -2.18. The van der Waals surface area contributed by atoms with Crippen molar-refractivity contribution in [3.8, 4) is 0 Å². The van der Waals surface area contributed by atoms with Crippen molar-refractivity contribution in [3.05, 3.63) is 56.7 Å². The van der Waals surface area contributed by atoms with Gasteiger partial charge in [-0.3, -0.25) is 0 Å². The fourth-order valence-corrected chi connectivity index (χ4v) is 1.73. The molecule has 2 aromatic rings. The Labute approximate surface area is 105 Å². The van der Waals surface area contributed by atoms with Crippen molar-refractivity contribution in [2.45, 2.75) is 26.2 Å². The summed E-state index contributed by atoms with van der Waals surface area (Å²) in [5, 5.41) is 0.420. The van der Waals surface area contributed by atoms with Crippen molar-refractivity contribution in [1.82, 2.24) is 4.98 Å². The number of hydrogen-bond acceptors (Lipinski definition) is 2. The van der Waals surface area contributed by atoms with E-state index < -0.39 is 0 Å². The third-order valence-corrected chi connectivity index (χ3v) is 2.80. The monoisotopic (exact) mass is 243 g/mol. The van der Waals surface area contributed by atoms with E-state index in [-0.39, 0.29) is 16.6 Å². The molecule has 1 N–H and O–H groups in total. The van der Waals surface area contributed by atoms with Gasteiger partial charge >= 0.3 is 5.63 Å². The minimum atomic E-state index is -0.389. The van der Waals surface area contributed by atoms with Gasteiger partial charge in [-0.1, -0.05) is 45.0 Å². The van der Waals surface area contributed by atoms with Gasteiger partial charge in [-0.2, -0.15) is 0 Å². The highest BCUT2D eigenvalue weighted by molar-refractivity contribution is 5.49. The van der Waals surface area contributed by atoms with Crippen LogP contribution in [0.1, 0.15) is 31.9 Å². The minimum Gasteiger partial charge on any atom is -0.405 e. The minimum absolute atomic E-state index is 0.129. The Balaban J connectivity index is 2.43. The molecule has 18 heavy (non-hydrogen) atoms. The third-order valence-electron chi connectivity index (χ3n) is 2.80. The third kappa shape index (κ3) is 2.62. The number of benzene rings is 1. The van der Waals surface area contributed by atoms with E-state index in [1.54, 1.807) is 6.08 Å². The molecule has 0 spiro atoms. The van der Waals surface area contributed by atoms with Crippen LogP contribution in [0.5, 0.6) is 0 Å². The number of rotatable bonds is 1. The number of nitrogens with one attached hydrogen (secondary N) is 1. The molecule has 0 atom stereocenters. The summed E-state index contributed by atoms with van der Waals surface area (Å²) in [5.74, 6) is 0. The molecule has 0 fully saturated rings. The van der Waals surface area contributed by atoms with Crippen molar-refractivity contribution in [2.75, 3.05) is 0 Å². The van der Waals surface area contributed by atoms with E-state index in [0.29, 0.717) is 5.35 Å². The molecule has 0 amide bonds. The zero-order valence-corrected chi connectivity index (χ0v) is 10.9. The van der Waals surface area contributed by atoms with E-state index in [0.717, 1.165) is 5.56 Å². The van der Waals surface area contributed by atoms with Crippen LogP contribution in [0.15, 0.2) is 33.5 Å². The molecule has 1 aromatic heterocycles. The van der Waals surface area contributed by atoms with Crippen LogP contribution in [-0.4, -0.2) is 4.98 Å². The summed E-state index contributed by atoms with van der Waals surface area (Å²) in [6.07, 6.45) is 1.76. The van der Waals surface area contributed by atoms with Gasteiger partial charge in [0.05, 0.1) is 0 Å². The number of hydrogen-bond donors (Lipinski definition) is 1. The van der Waals surface area contributed by atoms with E-state index in [9.17, 15) is 4.79 Å². The molecule has 3 heteroatoms.